The molecule has 1 N–H and O–H groups in total. The fourth-order valence-corrected chi connectivity index (χ4v) is 2.08. The van der Waals surface area contributed by atoms with Crippen LogP contribution in [-0.2, 0) is 16.1 Å². The third-order valence-corrected chi connectivity index (χ3v) is 3.71. The van der Waals surface area contributed by atoms with Crippen molar-refractivity contribution >= 4 is 11.7 Å². The number of carbonyl (C=O) groups is 1. The van der Waals surface area contributed by atoms with Gasteiger partial charge in [-0.1, -0.05) is 37.3 Å². The third kappa shape index (κ3) is 6.54. The maximum Gasteiger partial charge on any atom is 0.311 e. The smallest absolute Gasteiger partial charge is 0.311 e. The molecule has 0 fully saturated rings. The zero-order valence-corrected chi connectivity index (χ0v) is 13.4. The standard InChI is InChI=1S/C17H26N2O2/c1-13(12-21-17(20)10-14(2)18)15(3)19(4)11-16-8-6-5-7-9-16/h5-9,13,15,18H,10-12H2,1-4H3. The summed E-state index contributed by atoms with van der Waals surface area (Å²) in [5.41, 5.74) is 1.61. The summed E-state index contributed by atoms with van der Waals surface area (Å²) >= 11 is 0. The van der Waals surface area contributed by atoms with Crippen LogP contribution in [0.25, 0.3) is 0 Å². The summed E-state index contributed by atoms with van der Waals surface area (Å²) in [4.78, 5) is 13.7. The minimum absolute atomic E-state index is 0.0843. The molecule has 0 aromatic heterocycles. The van der Waals surface area contributed by atoms with Crippen molar-refractivity contribution in [3.8, 4) is 0 Å². The van der Waals surface area contributed by atoms with Crippen LogP contribution in [-0.4, -0.2) is 36.3 Å². The molecule has 116 valence electrons. The second-order valence-corrected chi connectivity index (χ2v) is 5.76. The fourth-order valence-electron chi connectivity index (χ4n) is 2.08. The van der Waals surface area contributed by atoms with E-state index in [4.69, 9.17) is 10.1 Å². The van der Waals surface area contributed by atoms with Gasteiger partial charge in [0.1, 0.15) is 0 Å². The Morgan fingerprint density at radius 2 is 1.90 bits per heavy atom. The van der Waals surface area contributed by atoms with Crippen molar-refractivity contribution in [2.24, 2.45) is 5.92 Å². The van der Waals surface area contributed by atoms with Gasteiger partial charge in [0, 0.05) is 24.2 Å². The highest BCUT2D eigenvalue weighted by molar-refractivity contribution is 5.95. The van der Waals surface area contributed by atoms with Crippen molar-refractivity contribution in [3.63, 3.8) is 0 Å². The van der Waals surface area contributed by atoms with Gasteiger partial charge in [0.25, 0.3) is 0 Å². The van der Waals surface area contributed by atoms with Crippen LogP contribution in [0.2, 0.25) is 0 Å². The number of carbonyl (C=O) groups excluding carboxylic acids is 1. The number of hydrogen-bond acceptors (Lipinski definition) is 4. The van der Waals surface area contributed by atoms with Crippen LogP contribution in [0.3, 0.4) is 0 Å². The first-order valence-corrected chi connectivity index (χ1v) is 7.34. The summed E-state index contributed by atoms with van der Waals surface area (Å²) in [7, 11) is 2.08. The molecule has 0 aliphatic rings. The summed E-state index contributed by atoms with van der Waals surface area (Å²) in [6.45, 7) is 7.10. The van der Waals surface area contributed by atoms with Crippen LogP contribution < -0.4 is 0 Å². The van der Waals surface area contributed by atoms with Gasteiger partial charge >= 0.3 is 5.97 Å². The highest BCUT2D eigenvalue weighted by atomic mass is 16.5. The lowest BCUT2D eigenvalue weighted by molar-refractivity contribution is -0.144. The highest BCUT2D eigenvalue weighted by Crippen LogP contribution is 2.13. The first-order valence-electron chi connectivity index (χ1n) is 7.34. The molecule has 0 saturated heterocycles. The summed E-state index contributed by atoms with van der Waals surface area (Å²) in [6.07, 6.45) is 0.0843. The molecule has 0 spiro atoms. The number of rotatable bonds is 8. The van der Waals surface area contributed by atoms with Gasteiger partial charge in [-0.2, -0.15) is 0 Å². The maximum absolute atomic E-state index is 11.5. The van der Waals surface area contributed by atoms with E-state index >= 15 is 0 Å². The molecular weight excluding hydrogens is 264 g/mol. The Kier molecular flexibility index (Phi) is 7.09. The number of nitrogens with zero attached hydrogens (tertiary/aromatic N) is 1. The summed E-state index contributed by atoms with van der Waals surface area (Å²) in [5, 5.41) is 7.28. The maximum atomic E-state index is 11.5. The minimum Gasteiger partial charge on any atom is -0.465 e. The summed E-state index contributed by atoms with van der Waals surface area (Å²) in [5.74, 6) is -0.0686. The molecule has 2 atom stereocenters. The lowest BCUT2D eigenvalue weighted by atomic mass is 10.0. The Balaban J connectivity index is 2.40. The van der Waals surface area contributed by atoms with E-state index in [-0.39, 0.29) is 18.3 Å². The second-order valence-electron chi connectivity index (χ2n) is 5.76. The van der Waals surface area contributed by atoms with Crippen molar-refractivity contribution < 1.29 is 9.53 Å². The van der Waals surface area contributed by atoms with Gasteiger partial charge in [0.2, 0.25) is 0 Å². The molecular formula is C17H26N2O2. The van der Waals surface area contributed by atoms with Crippen LogP contribution in [0, 0.1) is 11.3 Å². The molecule has 0 bridgehead atoms. The Labute approximate surface area is 127 Å². The zero-order valence-electron chi connectivity index (χ0n) is 13.4. The topological polar surface area (TPSA) is 53.4 Å². The number of ether oxygens (including phenoxy) is 1. The van der Waals surface area contributed by atoms with Gasteiger partial charge in [-0.05, 0) is 26.5 Å². The first-order chi connectivity index (χ1) is 9.90. The van der Waals surface area contributed by atoms with Crippen molar-refractivity contribution in [2.75, 3.05) is 13.7 Å². The largest absolute Gasteiger partial charge is 0.465 e. The predicted octanol–water partition coefficient (Wildman–Crippen LogP) is 3.12. The zero-order chi connectivity index (χ0) is 15.8. The molecule has 0 aliphatic carbocycles. The average Bonchev–Trinajstić information content (AvgIpc) is 2.44. The molecule has 0 radical (unpaired) electrons. The van der Waals surface area contributed by atoms with E-state index in [1.54, 1.807) is 6.92 Å². The quantitative estimate of drug-likeness (QED) is 0.591. The normalized spacial score (nSPS) is 13.8. The average molecular weight is 290 g/mol. The molecule has 21 heavy (non-hydrogen) atoms. The van der Waals surface area contributed by atoms with Gasteiger partial charge in [-0.25, -0.2) is 0 Å². The van der Waals surface area contributed by atoms with E-state index in [0.717, 1.165) is 6.54 Å². The molecule has 1 aromatic rings. The van der Waals surface area contributed by atoms with Gasteiger partial charge in [0.15, 0.2) is 0 Å². The number of nitrogens with one attached hydrogen (secondary N) is 1. The lowest BCUT2D eigenvalue weighted by Crippen LogP contribution is -2.36. The van der Waals surface area contributed by atoms with E-state index in [1.165, 1.54) is 5.56 Å². The summed E-state index contributed by atoms with van der Waals surface area (Å²) in [6, 6.07) is 10.6. The fraction of sp³-hybridized carbons (Fsp3) is 0.529. The van der Waals surface area contributed by atoms with Gasteiger partial charge < -0.3 is 10.1 Å². The van der Waals surface area contributed by atoms with E-state index in [2.05, 4.69) is 37.9 Å². The molecule has 2 unspecified atom stereocenters. The molecule has 1 aromatic carbocycles. The van der Waals surface area contributed by atoms with Crippen LogP contribution in [0.1, 0.15) is 32.8 Å². The minimum atomic E-state index is -0.313. The van der Waals surface area contributed by atoms with E-state index < -0.39 is 0 Å². The Bertz CT molecular complexity index is 459. The lowest BCUT2D eigenvalue weighted by Gasteiger charge is -2.29. The van der Waals surface area contributed by atoms with Crippen molar-refractivity contribution in [2.45, 2.75) is 39.8 Å². The van der Waals surface area contributed by atoms with Crippen LogP contribution in [0.5, 0.6) is 0 Å². The second kappa shape index (κ2) is 8.57. The van der Waals surface area contributed by atoms with Crippen molar-refractivity contribution in [1.82, 2.24) is 4.90 Å². The molecule has 0 aliphatic heterocycles. The number of esters is 1. The van der Waals surface area contributed by atoms with Crippen LogP contribution >= 0.6 is 0 Å². The SMILES string of the molecule is CC(=N)CC(=O)OCC(C)C(C)N(C)Cc1ccccc1. The van der Waals surface area contributed by atoms with Crippen LogP contribution in [0.4, 0.5) is 0 Å². The van der Waals surface area contributed by atoms with E-state index in [9.17, 15) is 4.79 Å². The Morgan fingerprint density at radius 3 is 2.48 bits per heavy atom. The van der Waals surface area contributed by atoms with Crippen molar-refractivity contribution in [1.29, 1.82) is 5.41 Å². The Hall–Kier alpha value is -1.68. The molecule has 0 amide bonds. The monoisotopic (exact) mass is 290 g/mol. The van der Waals surface area contributed by atoms with Gasteiger partial charge in [0.05, 0.1) is 13.0 Å². The first kappa shape index (κ1) is 17.4. The molecule has 0 heterocycles. The van der Waals surface area contributed by atoms with E-state index in [0.29, 0.717) is 18.4 Å². The predicted molar refractivity (Wildman–Crippen MR) is 85.5 cm³/mol. The molecule has 1 rings (SSSR count). The number of hydrogen-bond donors (Lipinski definition) is 1. The highest BCUT2D eigenvalue weighted by Gasteiger charge is 2.19. The van der Waals surface area contributed by atoms with Crippen LogP contribution in [0.15, 0.2) is 30.3 Å². The molecule has 4 heteroatoms. The molecule has 4 nitrogen and oxygen atoms in total. The Morgan fingerprint density at radius 1 is 1.29 bits per heavy atom. The third-order valence-electron chi connectivity index (χ3n) is 3.71. The van der Waals surface area contributed by atoms with Gasteiger partial charge in [-0.15, -0.1) is 0 Å². The van der Waals surface area contributed by atoms with Gasteiger partial charge in [-0.3, -0.25) is 9.69 Å². The van der Waals surface area contributed by atoms with E-state index in [1.807, 2.05) is 18.2 Å². The summed E-state index contributed by atoms with van der Waals surface area (Å²) < 4.78 is 5.23. The van der Waals surface area contributed by atoms with Crippen molar-refractivity contribution in [3.05, 3.63) is 35.9 Å². The number of benzene rings is 1. The molecule has 0 saturated carbocycles.